The zero-order valence-electron chi connectivity index (χ0n) is 18.6. The molecule has 0 aliphatic heterocycles. The number of carboxylic acids is 1. The number of nitrogens with zero attached hydrogens (tertiary/aromatic N) is 5. The molecule has 170 valence electrons. The molecule has 0 spiro atoms. The summed E-state index contributed by atoms with van der Waals surface area (Å²) < 4.78 is 5.11. The second-order valence-electron chi connectivity index (χ2n) is 6.81. The Balaban J connectivity index is 2.50. The number of rotatable bonds is 10. The van der Waals surface area contributed by atoms with Crippen LogP contribution in [0.5, 0.6) is 5.75 Å². The highest BCUT2D eigenvalue weighted by molar-refractivity contribution is 5.95. The number of nitrogens with one attached hydrogen (secondary N) is 1. The van der Waals surface area contributed by atoms with Crippen molar-refractivity contribution in [2.24, 2.45) is 10.2 Å². The van der Waals surface area contributed by atoms with Crippen molar-refractivity contribution in [1.29, 1.82) is 10.5 Å². The summed E-state index contributed by atoms with van der Waals surface area (Å²) in [6, 6.07) is 12.1. The lowest BCUT2D eigenvalue weighted by molar-refractivity contribution is -0.138. The molecule has 33 heavy (non-hydrogen) atoms. The number of amides is 1. The predicted octanol–water partition coefficient (Wildman–Crippen LogP) is 4.50. The molecule has 0 fully saturated rings. The van der Waals surface area contributed by atoms with Gasteiger partial charge < -0.3 is 20.1 Å². The first-order valence-electron chi connectivity index (χ1n) is 10.2. The van der Waals surface area contributed by atoms with Crippen molar-refractivity contribution in [2.45, 2.75) is 26.7 Å². The van der Waals surface area contributed by atoms with Gasteiger partial charge in [-0.3, -0.25) is 9.59 Å². The second-order valence-corrected chi connectivity index (χ2v) is 6.81. The van der Waals surface area contributed by atoms with Crippen LogP contribution in [0, 0.1) is 22.7 Å². The maximum atomic E-state index is 12.3. The summed E-state index contributed by atoms with van der Waals surface area (Å²) in [7, 11) is 1.43. The van der Waals surface area contributed by atoms with Crippen LogP contribution >= 0.6 is 0 Å². The maximum Gasteiger partial charge on any atom is 0.303 e. The van der Waals surface area contributed by atoms with Gasteiger partial charge in [0, 0.05) is 37.3 Å². The lowest BCUT2D eigenvalue weighted by Crippen LogP contribution is -2.22. The Morgan fingerprint density at radius 1 is 1.06 bits per heavy atom. The summed E-state index contributed by atoms with van der Waals surface area (Å²) in [5.74, 6) is -1.21. The molecule has 0 bridgehead atoms. The topological polar surface area (TPSA) is 151 Å². The SMILES string of the molecule is CCN(CC)c1ccc(N=Nc2c(C#N)cc(OC)cc2C#N)c(NC(=O)CCC(=O)O)c1. The van der Waals surface area contributed by atoms with Crippen LogP contribution in [0.15, 0.2) is 40.6 Å². The van der Waals surface area contributed by atoms with E-state index in [0.29, 0.717) is 11.4 Å². The largest absolute Gasteiger partial charge is 0.497 e. The number of carbonyl (C=O) groups excluding carboxylic acids is 1. The number of anilines is 2. The van der Waals surface area contributed by atoms with E-state index in [2.05, 4.69) is 20.4 Å². The molecule has 10 heteroatoms. The molecule has 0 aliphatic rings. The van der Waals surface area contributed by atoms with Crippen molar-refractivity contribution in [1.82, 2.24) is 0 Å². The highest BCUT2D eigenvalue weighted by Crippen LogP contribution is 2.34. The molecule has 2 N–H and O–H groups in total. The molecule has 2 rings (SSSR count). The lowest BCUT2D eigenvalue weighted by Gasteiger charge is -2.22. The van der Waals surface area contributed by atoms with Crippen LogP contribution in [0.2, 0.25) is 0 Å². The number of methoxy groups -OCH3 is 1. The Bertz CT molecular complexity index is 1110. The van der Waals surface area contributed by atoms with Crippen LogP contribution in [-0.2, 0) is 9.59 Å². The number of hydrogen-bond acceptors (Lipinski definition) is 8. The molecule has 0 unspecified atom stereocenters. The molecule has 0 radical (unpaired) electrons. The summed E-state index contributed by atoms with van der Waals surface area (Å²) in [5.41, 5.74) is 1.77. The monoisotopic (exact) mass is 448 g/mol. The van der Waals surface area contributed by atoms with Crippen LogP contribution < -0.4 is 15.0 Å². The van der Waals surface area contributed by atoms with Crippen molar-refractivity contribution < 1.29 is 19.4 Å². The van der Waals surface area contributed by atoms with E-state index >= 15 is 0 Å². The molecule has 0 saturated carbocycles. The first-order chi connectivity index (χ1) is 15.9. The maximum absolute atomic E-state index is 12.3. The fraction of sp³-hybridized carbons (Fsp3) is 0.304. The van der Waals surface area contributed by atoms with Crippen molar-refractivity contribution in [3.8, 4) is 17.9 Å². The van der Waals surface area contributed by atoms with Gasteiger partial charge in [-0.25, -0.2) is 0 Å². The van der Waals surface area contributed by atoms with Gasteiger partial charge in [0.25, 0.3) is 0 Å². The summed E-state index contributed by atoms with van der Waals surface area (Å²) >= 11 is 0. The van der Waals surface area contributed by atoms with Crippen molar-refractivity contribution >= 4 is 34.6 Å². The highest BCUT2D eigenvalue weighted by Gasteiger charge is 2.14. The molecule has 2 aromatic carbocycles. The molecule has 2 aromatic rings. The van der Waals surface area contributed by atoms with E-state index in [1.165, 1.54) is 19.2 Å². The van der Waals surface area contributed by atoms with E-state index in [1.54, 1.807) is 12.1 Å². The molecule has 0 saturated heterocycles. The zero-order valence-corrected chi connectivity index (χ0v) is 18.6. The third-order valence-electron chi connectivity index (χ3n) is 4.77. The molecule has 0 aromatic heterocycles. The van der Waals surface area contributed by atoms with Crippen LogP contribution in [0.3, 0.4) is 0 Å². The molecular formula is C23H24N6O4. The van der Waals surface area contributed by atoms with Gasteiger partial charge in [-0.2, -0.15) is 10.5 Å². The number of nitriles is 2. The summed E-state index contributed by atoms with van der Waals surface area (Å²) in [4.78, 5) is 25.1. The van der Waals surface area contributed by atoms with E-state index in [0.717, 1.165) is 18.8 Å². The second kappa shape index (κ2) is 11.8. The Morgan fingerprint density at radius 2 is 1.70 bits per heavy atom. The van der Waals surface area contributed by atoms with Gasteiger partial charge in [0.05, 0.1) is 30.3 Å². The third-order valence-corrected chi connectivity index (χ3v) is 4.77. The minimum atomic E-state index is -1.07. The van der Waals surface area contributed by atoms with Gasteiger partial charge in [0.1, 0.15) is 29.3 Å². The minimum Gasteiger partial charge on any atom is -0.497 e. The Hall–Kier alpha value is -4.44. The zero-order chi connectivity index (χ0) is 24.4. The molecule has 0 aliphatic carbocycles. The Kier molecular flexibility index (Phi) is 8.89. The molecular weight excluding hydrogens is 424 g/mol. The number of ether oxygens (including phenoxy) is 1. The van der Waals surface area contributed by atoms with Gasteiger partial charge in [0.2, 0.25) is 5.91 Å². The Labute approximate surface area is 191 Å². The summed E-state index contributed by atoms with van der Waals surface area (Å²) in [6.07, 6.45) is -0.502. The van der Waals surface area contributed by atoms with Gasteiger partial charge in [-0.1, -0.05) is 0 Å². The first kappa shape index (κ1) is 24.8. The average Bonchev–Trinajstić information content (AvgIpc) is 2.82. The standard InChI is InChI=1S/C23H24N6O4/c1-4-29(5-2)17-6-7-19(20(12-17)26-21(30)8-9-22(31)32)27-28-23-15(13-24)10-18(33-3)11-16(23)14-25/h6-7,10-12H,4-5,8-9H2,1-3H3,(H,26,30)(H,31,32). The molecule has 0 atom stereocenters. The van der Waals surface area contributed by atoms with Gasteiger partial charge in [-0.05, 0) is 32.0 Å². The van der Waals surface area contributed by atoms with Crippen LogP contribution in [0.4, 0.5) is 22.7 Å². The number of azo groups is 1. The normalized spacial score (nSPS) is 10.3. The van der Waals surface area contributed by atoms with Crippen molar-refractivity contribution in [3.05, 3.63) is 41.5 Å². The number of carbonyl (C=O) groups is 2. The Morgan fingerprint density at radius 3 is 2.21 bits per heavy atom. The number of aliphatic carboxylic acids is 1. The van der Waals surface area contributed by atoms with Gasteiger partial charge in [-0.15, -0.1) is 10.2 Å². The average molecular weight is 448 g/mol. The van der Waals surface area contributed by atoms with Gasteiger partial charge in [0.15, 0.2) is 0 Å². The van der Waals surface area contributed by atoms with Crippen molar-refractivity contribution in [2.75, 3.05) is 30.4 Å². The van der Waals surface area contributed by atoms with E-state index in [4.69, 9.17) is 9.84 Å². The summed E-state index contributed by atoms with van der Waals surface area (Å²) in [5, 5.41) is 38.7. The number of hydrogen-bond donors (Lipinski definition) is 2. The van der Waals surface area contributed by atoms with E-state index in [-0.39, 0.29) is 35.3 Å². The van der Waals surface area contributed by atoms with Crippen LogP contribution in [0.25, 0.3) is 0 Å². The quantitative estimate of drug-likeness (QED) is 0.508. The van der Waals surface area contributed by atoms with Crippen molar-refractivity contribution in [3.63, 3.8) is 0 Å². The van der Waals surface area contributed by atoms with E-state index < -0.39 is 11.9 Å². The lowest BCUT2D eigenvalue weighted by atomic mass is 10.1. The smallest absolute Gasteiger partial charge is 0.303 e. The highest BCUT2D eigenvalue weighted by atomic mass is 16.5. The third kappa shape index (κ3) is 6.52. The van der Waals surface area contributed by atoms with Gasteiger partial charge >= 0.3 is 5.97 Å². The van der Waals surface area contributed by atoms with E-state index in [1.807, 2.05) is 32.1 Å². The number of carboxylic acid groups (broad SMARTS) is 1. The fourth-order valence-corrected chi connectivity index (χ4v) is 3.04. The first-order valence-corrected chi connectivity index (χ1v) is 10.2. The van der Waals surface area contributed by atoms with E-state index in [9.17, 15) is 20.1 Å². The minimum absolute atomic E-state index is 0.0803. The molecule has 0 heterocycles. The fourth-order valence-electron chi connectivity index (χ4n) is 3.04. The summed E-state index contributed by atoms with van der Waals surface area (Å²) in [6.45, 7) is 5.48. The predicted molar refractivity (Wildman–Crippen MR) is 122 cm³/mol. The van der Waals surface area contributed by atoms with Crippen LogP contribution in [-0.4, -0.2) is 37.2 Å². The number of benzene rings is 2. The van der Waals surface area contributed by atoms with Crippen LogP contribution in [0.1, 0.15) is 37.8 Å². The molecule has 1 amide bonds. The molecule has 10 nitrogen and oxygen atoms in total.